The van der Waals surface area contributed by atoms with E-state index in [0.29, 0.717) is 23.0 Å². The zero-order valence-corrected chi connectivity index (χ0v) is 19.8. The summed E-state index contributed by atoms with van der Waals surface area (Å²) in [5.74, 6) is 2.50. The minimum Gasteiger partial charge on any atom is -0.496 e. The fourth-order valence-electron chi connectivity index (χ4n) is 4.29. The molecular formula is C25H24N6O3. The first-order valence-corrected chi connectivity index (χ1v) is 10.8. The summed E-state index contributed by atoms with van der Waals surface area (Å²) < 4.78 is 11.2. The summed E-state index contributed by atoms with van der Waals surface area (Å²) in [5, 5.41) is 5.89. The lowest BCUT2D eigenvalue weighted by Gasteiger charge is -2.15. The van der Waals surface area contributed by atoms with Gasteiger partial charge in [0.1, 0.15) is 28.8 Å². The number of hydrogen-bond donors (Lipinski definition) is 1. The van der Waals surface area contributed by atoms with Crippen LogP contribution in [-0.4, -0.2) is 45.2 Å². The molecule has 34 heavy (non-hydrogen) atoms. The second kappa shape index (κ2) is 7.95. The van der Waals surface area contributed by atoms with E-state index in [-0.39, 0.29) is 5.91 Å². The van der Waals surface area contributed by atoms with Crippen molar-refractivity contribution in [3.8, 4) is 28.1 Å². The summed E-state index contributed by atoms with van der Waals surface area (Å²) in [7, 11) is 3.34. The highest BCUT2D eigenvalue weighted by Crippen LogP contribution is 2.41. The number of aromatic amines is 1. The maximum Gasteiger partial charge on any atom is 0.224 e. The van der Waals surface area contributed by atoms with Gasteiger partial charge in [-0.05, 0) is 45.0 Å². The van der Waals surface area contributed by atoms with Crippen molar-refractivity contribution in [1.82, 2.24) is 25.1 Å². The normalized spacial score (nSPS) is 11.4. The van der Waals surface area contributed by atoms with Crippen molar-refractivity contribution in [3.05, 3.63) is 47.7 Å². The number of methoxy groups -OCH3 is 1. The summed E-state index contributed by atoms with van der Waals surface area (Å²) in [6, 6.07) is 7.76. The molecule has 0 bridgehead atoms. The Hall–Kier alpha value is -4.27. The molecule has 0 radical (unpaired) electrons. The number of carbonyl (C=O) groups excluding carboxylic acids is 1. The maximum atomic E-state index is 11.9. The van der Waals surface area contributed by atoms with E-state index < -0.39 is 0 Å². The van der Waals surface area contributed by atoms with Gasteiger partial charge in [-0.25, -0.2) is 15.0 Å². The molecule has 1 N–H and O–H groups in total. The number of ether oxygens (including phenoxy) is 1. The molecule has 0 fully saturated rings. The molecule has 1 amide bonds. The van der Waals surface area contributed by atoms with E-state index in [4.69, 9.17) is 14.2 Å². The molecule has 1 aromatic carbocycles. The summed E-state index contributed by atoms with van der Waals surface area (Å²) in [5.41, 5.74) is 5.78. The van der Waals surface area contributed by atoms with Gasteiger partial charge in [-0.1, -0.05) is 5.16 Å². The van der Waals surface area contributed by atoms with Gasteiger partial charge in [-0.3, -0.25) is 4.79 Å². The third kappa shape index (κ3) is 3.37. The Kier molecular flexibility index (Phi) is 5.04. The molecule has 0 aliphatic rings. The van der Waals surface area contributed by atoms with Gasteiger partial charge >= 0.3 is 0 Å². The first-order valence-electron chi connectivity index (χ1n) is 10.8. The molecule has 9 heteroatoms. The van der Waals surface area contributed by atoms with Gasteiger partial charge in [0.2, 0.25) is 5.91 Å². The number of anilines is 1. The van der Waals surface area contributed by atoms with Gasteiger partial charge in [0.25, 0.3) is 0 Å². The Morgan fingerprint density at radius 2 is 1.94 bits per heavy atom. The zero-order chi connectivity index (χ0) is 24.1. The molecule has 0 saturated carbocycles. The summed E-state index contributed by atoms with van der Waals surface area (Å²) in [6.07, 6.45) is 1.68. The van der Waals surface area contributed by atoms with E-state index in [0.717, 1.165) is 50.1 Å². The van der Waals surface area contributed by atoms with Crippen molar-refractivity contribution in [2.45, 2.75) is 27.7 Å². The van der Waals surface area contributed by atoms with Gasteiger partial charge in [0, 0.05) is 42.2 Å². The number of H-pyrrole nitrogens is 1. The van der Waals surface area contributed by atoms with Crippen molar-refractivity contribution in [1.29, 1.82) is 0 Å². The van der Waals surface area contributed by atoms with E-state index in [9.17, 15) is 4.79 Å². The molecule has 0 aliphatic heterocycles. The predicted molar refractivity (Wildman–Crippen MR) is 130 cm³/mol. The van der Waals surface area contributed by atoms with Crippen LogP contribution in [0, 0.1) is 20.8 Å². The van der Waals surface area contributed by atoms with Gasteiger partial charge < -0.3 is 19.1 Å². The molecule has 4 heterocycles. The van der Waals surface area contributed by atoms with E-state index in [1.807, 2.05) is 45.0 Å². The van der Waals surface area contributed by atoms with Crippen LogP contribution in [0.5, 0.6) is 5.75 Å². The van der Waals surface area contributed by atoms with Gasteiger partial charge in [-0.2, -0.15) is 0 Å². The minimum absolute atomic E-state index is 0.0997. The number of benzene rings is 1. The third-order valence-electron chi connectivity index (χ3n) is 6.02. The highest BCUT2D eigenvalue weighted by atomic mass is 16.5. The first-order chi connectivity index (χ1) is 16.3. The lowest BCUT2D eigenvalue weighted by Crippen LogP contribution is -2.23. The Labute approximate surface area is 195 Å². The predicted octanol–water partition coefficient (Wildman–Crippen LogP) is 4.74. The van der Waals surface area contributed by atoms with Crippen molar-refractivity contribution in [2.24, 2.45) is 0 Å². The zero-order valence-electron chi connectivity index (χ0n) is 19.8. The number of amides is 1. The highest BCUT2D eigenvalue weighted by molar-refractivity contribution is 6.13. The Bertz CT molecular complexity index is 1560. The lowest BCUT2D eigenvalue weighted by molar-refractivity contribution is -0.116. The van der Waals surface area contributed by atoms with Crippen LogP contribution in [-0.2, 0) is 4.79 Å². The van der Waals surface area contributed by atoms with Crippen LogP contribution in [0.3, 0.4) is 0 Å². The largest absolute Gasteiger partial charge is 0.496 e. The van der Waals surface area contributed by atoms with E-state index in [1.165, 1.54) is 11.8 Å². The van der Waals surface area contributed by atoms with Gasteiger partial charge in [0.05, 0.1) is 29.4 Å². The van der Waals surface area contributed by atoms with Crippen LogP contribution in [0.25, 0.3) is 44.3 Å². The summed E-state index contributed by atoms with van der Waals surface area (Å²) >= 11 is 0. The van der Waals surface area contributed by atoms with E-state index in [1.54, 1.807) is 20.4 Å². The number of aryl methyl sites for hydroxylation is 3. The topological polar surface area (TPSA) is 110 Å². The first kappa shape index (κ1) is 21.6. The monoisotopic (exact) mass is 456 g/mol. The van der Waals surface area contributed by atoms with Crippen molar-refractivity contribution in [2.75, 3.05) is 19.1 Å². The quantitative estimate of drug-likeness (QED) is 0.416. The standard InChI is InChI=1S/C25H24N6O3/c1-12-22(13(2)34-30-12)18-10-19-17(11-20(18)33-6)23-24(27-14(3)28-25(23)29-19)16-7-8-26-21(9-16)31(5)15(4)32/h7-11H,1-6H3,(H,27,28,29). The highest BCUT2D eigenvalue weighted by Gasteiger charge is 2.21. The number of hydrogen-bond acceptors (Lipinski definition) is 7. The average Bonchev–Trinajstić information content (AvgIpc) is 3.34. The number of aromatic nitrogens is 5. The SMILES string of the molecule is COc1cc2c(cc1-c1c(C)noc1C)[nH]c1nc(C)nc(-c3ccnc(N(C)C(C)=O)c3)c12. The maximum absolute atomic E-state index is 11.9. The number of carbonyl (C=O) groups is 1. The molecule has 0 atom stereocenters. The average molecular weight is 457 g/mol. The lowest BCUT2D eigenvalue weighted by atomic mass is 10.00. The van der Waals surface area contributed by atoms with E-state index in [2.05, 4.69) is 20.1 Å². The number of nitrogens with one attached hydrogen (secondary N) is 1. The van der Waals surface area contributed by atoms with Gasteiger partial charge in [-0.15, -0.1) is 0 Å². The van der Waals surface area contributed by atoms with Crippen LogP contribution in [0.2, 0.25) is 0 Å². The van der Waals surface area contributed by atoms with Crippen LogP contribution in [0.15, 0.2) is 35.0 Å². The third-order valence-corrected chi connectivity index (χ3v) is 6.02. The number of nitrogens with zero attached hydrogens (tertiary/aromatic N) is 5. The smallest absolute Gasteiger partial charge is 0.224 e. The molecule has 9 nitrogen and oxygen atoms in total. The molecule has 5 aromatic rings. The van der Waals surface area contributed by atoms with Crippen LogP contribution < -0.4 is 9.64 Å². The van der Waals surface area contributed by atoms with Crippen molar-refractivity contribution < 1.29 is 14.1 Å². The fourth-order valence-corrected chi connectivity index (χ4v) is 4.29. The number of rotatable bonds is 4. The van der Waals surface area contributed by atoms with E-state index >= 15 is 0 Å². The van der Waals surface area contributed by atoms with Crippen molar-refractivity contribution >= 4 is 33.7 Å². The molecule has 0 aliphatic carbocycles. The van der Waals surface area contributed by atoms with Crippen LogP contribution in [0.1, 0.15) is 24.2 Å². The molecule has 172 valence electrons. The Balaban J connectivity index is 1.79. The molecular weight excluding hydrogens is 432 g/mol. The number of pyridine rings is 1. The minimum atomic E-state index is -0.0997. The van der Waals surface area contributed by atoms with Crippen molar-refractivity contribution in [3.63, 3.8) is 0 Å². The van der Waals surface area contributed by atoms with Crippen LogP contribution in [0.4, 0.5) is 5.82 Å². The molecule has 0 saturated heterocycles. The molecule has 0 spiro atoms. The Morgan fingerprint density at radius 3 is 2.62 bits per heavy atom. The second-order valence-electron chi connectivity index (χ2n) is 8.25. The van der Waals surface area contributed by atoms with Gasteiger partial charge in [0.15, 0.2) is 0 Å². The fraction of sp³-hybridized carbons (Fsp3) is 0.240. The molecule has 4 aromatic heterocycles. The molecule has 5 rings (SSSR count). The summed E-state index contributed by atoms with van der Waals surface area (Å²) in [4.78, 5) is 30.6. The second-order valence-corrected chi connectivity index (χ2v) is 8.25. The van der Waals surface area contributed by atoms with Crippen LogP contribution >= 0.6 is 0 Å². The molecule has 0 unspecified atom stereocenters. The summed E-state index contributed by atoms with van der Waals surface area (Å²) in [6.45, 7) is 7.15. The Morgan fingerprint density at radius 1 is 1.15 bits per heavy atom. The number of fused-ring (bicyclic) bond motifs is 3.